The highest BCUT2D eigenvalue weighted by atomic mass is 32.2. The maximum absolute atomic E-state index is 9.94. The van der Waals surface area contributed by atoms with E-state index >= 15 is 0 Å². The smallest absolute Gasteiger partial charge is 0.161 e. The average Bonchev–Trinajstić information content (AvgIpc) is 2.78. The van der Waals surface area contributed by atoms with Crippen molar-refractivity contribution in [2.75, 3.05) is 27.1 Å². The molecule has 2 aromatic carbocycles. The number of nitrogen functional groups attached to an aromatic ring is 1. The molecule has 150 valence electrons. The fraction of sp³-hybridized carbons (Fsp3) is 0.136. The van der Waals surface area contributed by atoms with Crippen LogP contribution in [-0.4, -0.2) is 26.3 Å². The SMILES string of the molecule is COc1cccc(Sc2nc(N)c(C#N)c(-c3ccc(OC)c(OC)c3)c2C#N)c1. The number of nitrogens with zero attached hydrogens (tertiary/aromatic N) is 3. The third-order valence-electron chi connectivity index (χ3n) is 4.34. The third kappa shape index (κ3) is 3.95. The topological polar surface area (TPSA) is 114 Å². The number of methoxy groups -OCH3 is 3. The van der Waals surface area contributed by atoms with Crippen molar-refractivity contribution >= 4 is 17.6 Å². The van der Waals surface area contributed by atoms with E-state index in [0.717, 1.165) is 4.90 Å². The minimum atomic E-state index is 0.0479. The van der Waals surface area contributed by atoms with E-state index in [1.165, 1.54) is 26.0 Å². The van der Waals surface area contributed by atoms with Crippen LogP contribution in [0.25, 0.3) is 11.1 Å². The summed E-state index contributed by atoms with van der Waals surface area (Å²) in [5.41, 5.74) is 7.48. The number of ether oxygens (including phenoxy) is 3. The van der Waals surface area contributed by atoms with Gasteiger partial charge in [-0.3, -0.25) is 0 Å². The molecule has 0 atom stereocenters. The molecule has 0 aliphatic carbocycles. The second-order valence-corrected chi connectivity index (χ2v) is 7.06. The highest BCUT2D eigenvalue weighted by molar-refractivity contribution is 7.99. The first-order chi connectivity index (χ1) is 14.6. The predicted molar refractivity (Wildman–Crippen MR) is 114 cm³/mol. The first-order valence-corrected chi connectivity index (χ1v) is 9.55. The molecule has 0 saturated carbocycles. The molecule has 8 heteroatoms. The Balaban J connectivity index is 2.22. The van der Waals surface area contributed by atoms with Gasteiger partial charge in [-0.25, -0.2) is 4.98 Å². The van der Waals surface area contributed by atoms with Crippen LogP contribution in [0.4, 0.5) is 5.82 Å². The molecule has 0 amide bonds. The number of nitrogens with two attached hydrogens (primary N) is 1. The largest absolute Gasteiger partial charge is 0.497 e. The Bertz CT molecular complexity index is 1180. The molecular weight excluding hydrogens is 400 g/mol. The van der Waals surface area contributed by atoms with Gasteiger partial charge in [0.1, 0.15) is 34.3 Å². The van der Waals surface area contributed by atoms with Crippen LogP contribution in [0.3, 0.4) is 0 Å². The molecule has 1 aromatic heterocycles. The summed E-state index contributed by atoms with van der Waals surface area (Å²) < 4.78 is 15.9. The first kappa shape index (κ1) is 20.8. The number of hydrogen-bond donors (Lipinski definition) is 1. The summed E-state index contributed by atoms with van der Waals surface area (Å²) in [6, 6.07) is 16.8. The summed E-state index contributed by atoms with van der Waals surface area (Å²) in [6.07, 6.45) is 0. The van der Waals surface area contributed by atoms with Gasteiger partial charge < -0.3 is 19.9 Å². The Morgan fingerprint density at radius 3 is 2.27 bits per heavy atom. The summed E-state index contributed by atoms with van der Waals surface area (Å²) in [6.45, 7) is 0. The molecule has 0 unspecified atom stereocenters. The molecule has 1 heterocycles. The lowest BCUT2D eigenvalue weighted by molar-refractivity contribution is 0.355. The molecule has 2 N–H and O–H groups in total. The van der Waals surface area contributed by atoms with Gasteiger partial charge in [-0.1, -0.05) is 23.9 Å². The van der Waals surface area contributed by atoms with Gasteiger partial charge in [0.25, 0.3) is 0 Å². The number of anilines is 1. The molecule has 0 fully saturated rings. The monoisotopic (exact) mass is 418 g/mol. The van der Waals surface area contributed by atoms with E-state index in [4.69, 9.17) is 19.9 Å². The van der Waals surface area contributed by atoms with Gasteiger partial charge in [0, 0.05) is 10.5 Å². The lowest BCUT2D eigenvalue weighted by Crippen LogP contribution is -2.03. The Kier molecular flexibility index (Phi) is 6.31. The van der Waals surface area contributed by atoms with Crippen LogP contribution < -0.4 is 19.9 Å². The van der Waals surface area contributed by atoms with Crippen LogP contribution in [0.15, 0.2) is 52.4 Å². The van der Waals surface area contributed by atoms with Crippen LogP contribution in [0.2, 0.25) is 0 Å². The minimum Gasteiger partial charge on any atom is -0.497 e. The van der Waals surface area contributed by atoms with Crippen molar-refractivity contribution in [2.45, 2.75) is 9.92 Å². The predicted octanol–water partition coefficient (Wildman–Crippen LogP) is 4.25. The second kappa shape index (κ2) is 9.08. The molecule has 3 rings (SSSR count). The lowest BCUT2D eigenvalue weighted by atomic mass is 9.96. The molecule has 0 radical (unpaired) electrons. The zero-order valence-electron chi connectivity index (χ0n) is 16.6. The van der Waals surface area contributed by atoms with Crippen molar-refractivity contribution in [3.63, 3.8) is 0 Å². The van der Waals surface area contributed by atoms with Gasteiger partial charge in [0.05, 0.1) is 26.9 Å². The number of nitriles is 2. The Morgan fingerprint density at radius 2 is 1.63 bits per heavy atom. The molecule has 0 spiro atoms. The minimum absolute atomic E-state index is 0.0479. The molecule has 7 nitrogen and oxygen atoms in total. The van der Waals surface area contributed by atoms with E-state index in [2.05, 4.69) is 17.1 Å². The first-order valence-electron chi connectivity index (χ1n) is 8.74. The standard InChI is InChI=1S/C22H18N4O3S/c1-27-14-5-4-6-15(10-14)30-22-17(12-24)20(16(11-23)21(25)26-22)13-7-8-18(28-2)19(9-13)29-3/h4-10H,1-3H3,(H2,25,26). The van der Waals surface area contributed by atoms with E-state index in [-0.39, 0.29) is 16.9 Å². The fourth-order valence-electron chi connectivity index (χ4n) is 2.93. The summed E-state index contributed by atoms with van der Waals surface area (Å²) in [5.74, 6) is 1.73. The maximum atomic E-state index is 9.94. The van der Waals surface area contributed by atoms with Crippen LogP contribution in [0, 0.1) is 22.7 Å². The van der Waals surface area contributed by atoms with Gasteiger partial charge in [0.15, 0.2) is 11.5 Å². The van der Waals surface area contributed by atoms with Gasteiger partial charge in [0.2, 0.25) is 0 Å². The third-order valence-corrected chi connectivity index (χ3v) is 5.32. The molecule has 0 bridgehead atoms. The van der Waals surface area contributed by atoms with E-state index < -0.39 is 0 Å². The summed E-state index contributed by atoms with van der Waals surface area (Å²) in [7, 11) is 4.63. The van der Waals surface area contributed by atoms with Crippen LogP contribution in [0.1, 0.15) is 11.1 Å². The zero-order chi connectivity index (χ0) is 21.7. The lowest BCUT2D eigenvalue weighted by Gasteiger charge is -2.15. The molecule has 0 saturated heterocycles. The van der Waals surface area contributed by atoms with Crippen LogP contribution >= 0.6 is 11.8 Å². The van der Waals surface area contributed by atoms with E-state index in [1.54, 1.807) is 25.3 Å². The zero-order valence-corrected chi connectivity index (χ0v) is 17.4. The van der Waals surface area contributed by atoms with Crippen molar-refractivity contribution in [2.24, 2.45) is 0 Å². The Morgan fingerprint density at radius 1 is 0.900 bits per heavy atom. The fourth-order valence-corrected chi connectivity index (χ4v) is 3.87. The second-order valence-electron chi connectivity index (χ2n) is 6.00. The highest BCUT2D eigenvalue weighted by Gasteiger charge is 2.22. The quantitative estimate of drug-likeness (QED) is 0.632. The number of rotatable bonds is 6. The number of pyridine rings is 1. The van der Waals surface area contributed by atoms with Crippen molar-refractivity contribution in [3.05, 3.63) is 53.6 Å². The highest BCUT2D eigenvalue weighted by Crippen LogP contribution is 2.41. The van der Waals surface area contributed by atoms with E-state index in [1.807, 2.05) is 24.3 Å². The van der Waals surface area contributed by atoms with E-state index in [9.17, 15) is 10.5 Å². The average molecular weight is 418 g/mol. The number of aromatic nitrogens is 1. The number of hydrogen-bond acceptors (Lipinski definition) is 8. The van der Waals surface area contributed by atoms with E-state index in [0.29, 0.717) is 33.4 Å². The van der Waals surface area contributed by atoms with Crippen molar-refractivity contribution < 1.29 is 14.2 Å². The molecule has 30 heavy (non-hydrogen) atoms. The summed E-state index contributed by atoms with van der Waals surface area (Å²) >= 11 is 1.27. The van der Waals surface area contributed by atoms with Crippen LogP contribution in [0.5, 0.6) is 17.2 Å². The molecular formula is C22H18N4O3S. The van der Waals surface area contributed by atoms with Gasteiger partial charge in [-0.2, -0.15) is 10.5 Å². The van der Waals surface area contributed by atoms with Crippen molar-refractivity contribution in [1.82, 2.24) is 4.98 Å². The Hall–Kier alpha value is -3.88. The maximum Gasteiger partial charge on any atom is 0.161 e. The van der Waals surface area contributed by atoms with Gasteiger partial charge in [-0.15, -0.1) is 0 Å². The van der Waals surface area contributed by atoms with Crippen LogP contribution in [-0.2, 0) is 0 Å². The number of benzene rings is 2. The van der Waals surface area contributed by atoms with Crippen molar-refractivity contribution in [1.29, 1.82) is 10.5 Å². The molecule has 3 aromatic rings. The molecule has 0 aliphatic rings. The van der Waals surface area contributed by atoms with Crippen molar-refractivity contribution in [3.8, 4) is 40.5 Å². The van der Waals surface area contributed by atoms with Gasteiger partial charge in [-0.05, 0) is 35.9 Å². The molecule has 0 aliphatic heterocycles. The summed E-state index contributed by atoms with van der Waals surface area (Å²) in [4.78, 5) is 5.15. The normalized spacial score (nSPS) is 10.0. The summed E-state index contributed by atoms with van der Waals surface area (Å²) in [5, 5.41) is 20.0. The Labute approximate surface area is 178 Å². The van der Waals surface area contributed by atoms with Gasteiger partial charge >= 0.3 is 0 Å².